The van der Waals surface area contributed by atoms with Crippen molar-refractivity contribution in [3.05, 3.63) is 22.2 Å². The number of carbonyl (C=O) groups is 1. The van der Waals surface area contributed by atoms with E-state index in [1.165, 1.54) is 13.2 Å². The monoisotopic (exact) mass is 302 g/mol. The molecule has 4 nitrogen and oxygen atoms in total. The average Bonchev–Trinajstić information content (AvgIpc) is 2.15. The molecule has 94 valence electrons. The van der Waals surface area contributed by atoms with E-state index in [9.17, 15) is 9.90 Å². The first-order valence-electron chi connectivity index (χ1n) is 5.06. The van der Waals surface area contributed by atoms with Crippen LogP contribution in [0.5, 0.6) is 11.5 Å². The van der Waals surface area contributed by atoms with Crippen molar-refractivity contribution in [1.29, 1.82) is 0 Å². The molecule has 0 aliphatic heterocycles. The van der Waals surface area contributed by atoms with Gasteiger partial charge in [0.2, 0.25) is 0 Å². The SMILES string of the molecule is COc1cc(C(C)(C)CC(=O)O)c(Br)cc1O. The molecule has 1 aromatic carbocycles. The largest absolute Gasteiger partial charge is 0.504 e. The smallest absolute Gasteiger partial charge is 0.304 e. The Morgan fingerprint density at radius 2 is 2.06 bits per heavy atom. The van der Waals surface area contributed by atoms with E-state index in [1.54, 1.807) is 6.07 Å². The molecule has 0 aliphatic carbocycles. The van der Waals surface area contributed by atoms with Gasteiger partial charge in [-0.2, -0.15) is 0 Å². The Bertz CT molecular complexity index is 440. The minimum atomic E-state index is -0.867. The molecule has 0 aromatic heterocycles. The van der Waals surface area contributed by atoms with Crippen molar-refractivity contribution in [3.8, 4) is 11.5 Å². The number of phenols is 1. The van der Waals surface area contributed by atoms with E-state index in [0.717, 1.165) is 5.56 Å². The van der Waals surface area contributed by atoms with Gasteiger partial charge in [0.15, 0.2) is 11.5 Å². The highest BCUT2D eigenvalue weighted by Crippen LogP contribution is 2.39. The number of benzene rings is 1. The van der Waals surface area contributed by atoms with E-state index in [0.29, 0.717) is 10.2 Å². The number of aromatic hydroxyl groups is 1. The number of halogens is 1. The standard InChI is InChI=1S/C12H15BrO4/c1-12(2,6-11(15)16)7-4-10(17-3)9(14)5-8(7)13/h4-5,14H,6H2,1-3H3,(H,15,16). The number of aliphatic carboxylic acids is 1. The molecule has 0 heterocycles. The molecule has 0 spiro atoms. The molecule has 0 amide bonds. The van der Waals surface area contributed by atoms with Crippen LogP contribution in [0.4, 0.5) is 0 Å². The number of phenolic OH excluding ortho intramolecular Hbond substituents is 1. The Labute approximate surface area is 108 Å². The molecule has 1 aromatic rings. The average molecular weight is 303 g/mol. The summed E-state index contributed by atoms with van der Waals surface area (Å²) in [6, 6.07) is 3.17. The van der Waals surface area contributed by atoms with Crippen LogP contribution in [0.25, 0.3) is 0 Å². The van der Waals surface area contributed by atoms with Crippen molar-refractivity contribution in [2.45, 2.75) is 25.7 Å². The highest BCUT2D eigenvalue weighted by molar-refractivity contribution is 9.10. The predicted octanol–water partition coefficient (Wildman–Crippen LogP) is 2.92. The lowest BCUT2D eigenvalue weighted by atomic mass is 9.81. The van der Waals surface area contributed by atoms with Gasteiger partial charge in [-0.05, 0) is 17.7 Å². The van der Waals surface area contributed by atoms with Gasteiger partial charge in [0.25, 0.3) is 0 Å². The molecular formula is C12H15BrO4. The zero-order valence-electron chi connectivity index (χ0n) is 9.95. The molecule has 17 heavy (non-hydrogen) atoms. The minimum absolute atomic E-state index is 0.000467. The number of hydrogen-bond acceptors (Lipinski definition) is 3. The first-order valence-corrected chi connectivity index (χ1v) is 5.86. The second-order valence-electron chi connectivity index (χ2n) is 4.46. The van der Waals surface area contributed by atoms with Crippen LogP contribution in [-0.2, 0) is 10.2 Å². The third-order valence-electron chi connectivity index (χ3n) is 2.59. The second kappa shape index (κ2) is 4.96. The summed E-state index contributed by atoms with van der Waals surface area (Å²) in [6.45, 7) is 3.66. The van der Waals surface area contributed by atoms with E-state index >= 15 is 0 Å². The maximum Gasteiger partial charge on any atom is 0.304 e. The Kier molecular flexibility index (Phi) is 4.03. The van der Waals surface area contributed by atoms with Crippen molar-refractivity contribution in [2.75, 3.05) is 7.11 Å². The zero-order chi connectivity index (χ0) is 13.2. The van der Waals surface area contributed by atoms with Gasteiger partial charge in [-0.25, -0.2) is 0 Å². The first-order chi connectivity index (χ1) is 7.77. The highest BCUT2D eigenvalue weighted by atomic mass is 79.9. The molecule has 0 unspecified atom stereocenters. The zero-order valence-corrected chi connectivity index (χ0v) is 11.5. The Morgan fingerprint density at radius 3 is 2.53 bits per heavy atom. The van der Waals surface area contributed by atoms with Gasteiger partial charge in [-0.3, -0.25) is 4.79 Å². The van der Waals surface area contributed by atoms with E-state index in [-0.39, 0.29) is 12.2 Å². The van der Waals surface area contributed by atoms with Crippen LogP contribution in [0, 0.1) is 0 Å². The van der Waals surface area contributed by atoms with Crippen molar-refractivity contribution in [3.63, 3.8) is 0 Å². The van der Waals surface area contributed by atoms with Crippen LogP contribution >= 0.6 is 15.9 Å². The van der Waals surface area contributed by atoms with Gasteiger partial charge < -0.3 is 14.9 Å². The molecule has 2 N–H and O–H groups in total. The quantitative estimate of drug-likeness (QED) is 0.897. The lowest BCUT2D eigenvalue weighted by Gasteiger charge is -2.25. The lowest BCUT2D eigenvalue weighted by molar-refractivity contribution is -0.138. The molecule has 0 aliphatic rings. The van der Waals surface area contributed by atoms with Crippen LogP contribution in [0.15, 0.2) is 16.6 Å². The molecule has 0 saturated carbocycles. The normalized spacial score (nSPS) is 11.3. The van der Waals surface area contributed by atoms with Crippen molar-refractivity contribution >= 4 is 21.9 Å². The van der Waals surface area contributed by atoms with E-state index in [1.807, 2.05) is 13.8 Å². The van der Waals surface area contributed by atoms with Crippen LogP contribution in [0.2, 0.25) is 0 Å². The first kappa shape index (κ1) is 13.8. The summed E-state index contributed by atoms with van der Waals surface area (Å²) in [6.07, 6.45) is -0.000467. The second-order valence-corrected chi connectivity index (χ2v) is 5.31. The van der Waals surface area contributed by atoms with Crippen molar-refractivity contribution in [2.24, 2.45) is 0 Å². The number of ether oxygens (including phenoxy) is 1. The Hall–Kier alpha value is -1.23. The maximum absolute atomic E-state index is 10.8. The van der Waals surface area contributed by atoms with E-state index in [4.69, 9.17) is 9.84 Å². The molecule has 1 rings (SSSR count). The van der Waals surface area contributed by atoms with E-state index < -0.39 is 11.4 Å². The van der Waals surface area contributed by atoms with Crippen LogP contribution in [0.3, 0.4) is 0 Å². The Morgan fingerprint density at radius 1 is 1.47 bits per heavy atom. The number of hydrogen-bond donors (Lipinski definition) is 2. The molecular weight excluding hydrogens is 288 g/mol. The summed E-state index contributed by atoms with van der Waals surface area (Å²) in [5, 5.41) is 18.5. The van der Waals surface area contributed by atoms with Crippen molar-refractivity contribution < 1.29 is 19.7 Å². The number of carboxylic acid groups (broad SMARTS) is 1. The highest BCUT2D eigenvalue weighted by Gasteiger charge is 2.27. The molecule has 0 radical (unpaired) electrons. The molecule has 5 heteroatoms. The van der Waals surface area contributed by atoms with Gasteiger partial charge in [0.1, 0.15) is 0 Å². The molecule has 0 atom stereocenters. The summed E-state index contributed by atoms with van der Waals surface area (Å²) >= 11 is 3.33. The van der Waals surface area contributed by atoms with Crippen LogP contribution in [0.1, 0.15) is 25.8 Å². The van der Waals surface area contributed by atoms with Gasteiger partial charge in [0, 0.05) is 9.89 Å². The lowest BCUT2D eigenvalue weighted by Crippen LogP contribution is -2.22. The fourth-order valence-corrected chi connectivity index (χ4v) is 2.57. The molecule has 0 saturated heterocycles. The van der Waals surface area contributed by atoms with E-state index in [2.05, 4.69) is 15.9 Å². The third-order valence-corrected chi connectivity index (χ3v) is 3.25. The summed E-state index contributed by atoms with van der Waals surface area (Å²) in [7, 11) is 1.46. The number of rotatable bonds is 4. The number of methoxy groups -OCH3 is 1. The van der Waals surface area contributed by atoms with Gasteiger partial charge in [-0.15, -0.1) is 0 Å². The third kappa shape index (κ3) is 3.12. The summed E-state index contributed by atoms with van der Waals surface area (Å²) in [4.78, 5) is 10.8. The summed E-state index contributed by atoms with van der Waals surface area (Å²) < 4.78 is 5.69. The van der Waals surface area contributed by atoms with Gasteiger partial charge in [-0.1, -0.05) is 29.8 Å². The Balaban J connectivity index is 3.25. The fraction of sp³-hybridized carbons (Fsp3) is 0.417. The predicted molar refractivity (Wildman–Crippen MR) is 67.6 cm³/mol. The van der Waals surface area contributed by atoms with Crippen molar-refractivity contribution in [1.82, 2.24) is 0 Å². The fourth-order valence-electron chi connectivity index (χ4n) is 1.70. The van der Waals surface area contributed by atoms with Gasteiger partial charge in [0.05, 0.1) is 13.5 Å². The maximum atomic E-state index is 10.8. The molecule has 0 fully saturated rings. The molecule has 0 bridgehead atoms. The van der Waals surface area contributed by atoms with Crippen LogP contribution in [-0.4, -0.2) is 23.3 Å². The topological polar surface area (TPSA) is 66.8 Å². The minimum Gasteiger partial charge on any atom is -0.504 e. The van der Waals surface area contributed by atoms with Crippen LogP contribution < -0.4 is 4.74 Å². The number of carboxylic acids is 1. The summed E-state index contributed by atoms with van der Waals surface area (Å²) in [5.41, 5.74) is 0.237. The summed E-state index contributed by atoms with van der Waals surface area (Å²) in [5.74, 6) is -0.509. The van der Waals surface area contributed by atoms with Gasteiger partial charge >= 0.3 is 5.97 Å².